The number of aryl methyl sites for hydroxylation is 1. The largest absolute Gasteiger partial charge is 0.464 e. The van der Waals surface area contributed by atoms with Crippen LogP contribution in [0.25, 0.3) is 11.3 Å². The number of carbonyl (C=O) groups is 1. The van der Waals surface area contributed by atoms with Crippen LogP contribution >= 0.6 is 0 Å². The molecule has 0 radical (unpaired) electrons. The maximum Gasteiger partial charge on any atom is 0.360 e. The molecule has 4 heteroatoms. The molecule has 0 fully saturated rings. The summed E-state index contributed by atoms with van der Waals surface area (Å²) in [5, 5.41) is 3.70. The highest BCUT2D eigenvalue weighted by Gasteiger charge is 2.13. The van der Waals surface area contributed by atoms with Crippen molar-refractivity contribution < 1.29 is 14.1 Å². The van der Waals surface area contributed by atoms with Crippen molar-refractivity contribution in [3.63, 3.8) is 0 Å². The van der Waals surface area contributed by atoms with Crippen molar-refractivity contribution in [3.05, 3.63) is 41.6 Å². The number of carbonyl (C=O) groups excluding carboxylic acids is 1. The van der Waals surface area contributed by atoms with Crippen molar-refractivity contribution >= 4 is 5.97 Å². The molecular weight excluding hydrogens is 254 g/mol. The van der Waals surface area contributed by atoms with Crippen LogP contribution in [0.2, 0.25) is 0 Å². The number of rotatable bonds is 6. The molecule has 0 bridgehead atoms. The zero-order valence-electron chi connectivity index (χ0n) is 11.9. The molecule has 0 unspecified atom stereocenters. The standard InChI is InChI=1S/C16H19NO3/c1-3-4-5-6-12-7-9-13(10-8-12)15-11-14(17-20-15)16(18)19-2/h7-11H,3-6H2,1-2H3. The van der Waals surface area contributed by atoms with E-state index in [9.17, 15) is 4.79 Å². The fourth-order valence-corrected chi connectivity index (χ4v) is 2.03. The summed E-state index contributed by atoms with van der Waals surface area (Å²) < 4.78 is 9.76. The fraction of sp³-hybridized carbons (Fsp3) is 0.375. The van der Waals surface area contributed by atoms with E-state index in [0.717, 1.165) is 12.0 Å². The minimum atomic E-state index is -0.490. The normalized spacial score (nSPS) is 10.5. The van der Waals surface area contributed by atoms with Gasteiger partial charge in [-0.3, -0.25) is 0 Å². The first-order chi connectivity index (χ1) is 9.74. The second kappa shape index (κ2) is 6.89. The molecule has 1 aromatic heterocycles. The summed E-state index contributed by atoms with van der Waals surface area (Å²) in [5.41, 5.74) is 2.41. The maximum absolute atomic E-state index is 11.3. The molecule has 0 saturated carbocycles. The van der Waals surface area contributed by atoms with Gasteiger partial charge in [0, 0.05) is 11.6 Å². The van der Waals surface area contributed by atoms with E-state index in [2.05, 4.69) is 28.9 Å². The van der Waals surface area contributed by atoms with Gasteiger partial charge in [-0.05, 0) is 18.4 Å². The smallest absolute Gasteiger partial charge is 0.360 e. The van der Waals surface area contributed by atoms with Crippen LogP contribution in [0, 0.1) is 0 Å². The molecule has 0 aliphatic rings. The summed E-state index contributed by atoms with van der Waals surface area (Å²) in [5.74, 6) is 0.0849. The van der Waals surface area contributed by atoms with E-state index in [1.807, 2.05) is 12.1 Å². The van der Waals surface area contributed by atoms with E-state index in [-0.39, 0.29) is 5.69 Å². The minimum absolute atomic E-state index is 0.189. The summed E-state index contributed by atoms with van der Waals surface area (Å²) in [6, 6.07) is 9.75. The quantitative estimate of drug-likeness (QED) is 0.592. The Morgan fingerprint density at radius 2 is 2.00 bits per heavy atom. The second-order valence-corrected chi connectivity index (χ2v) is 4.72. The van der Waals surface area contributed by atoms with Crippen LogP contribution in [0.1, 0.15) is 42.2 Å². The van der Waals surface area contributed by atoms with E-state index in [1.165, 1.54) is 31.9 Å². The van der Waals surface area contributed by atoms with Crippen LogP contribution in [0.4, 0.5) is 0 Å². The predicted molar refractivity (Wildman–Crippen MR) is 76.5 cm³/mol. The van der Waals surface area contributed by atoms with Gasteiger partial charge < -0.3 is 9.26 Å². The lowest BCUT2D eigenvalue weighted by atomic mass is 10.0. The van der Waals surface area contributed by atoms with Crippen LogP contribution in [-0.2, 0) is 11.2 Å². The molecule has 0 saturated heterocycles. The lowest BCUT2D eigenvalue weighted by Gasteiger charge is -2.01. The van der Waals surface area contributed by atoms with Crippen LogP contribution < -0.4 is 0 Å². The van der Waals surface area contributed by atoms with Crippen molar-refractivity contribution in [1.82, 2.24) is 5.16 Å². The van der Waals surface area contributed by atoms with Gasteiger partial charge in [0.1, 0.15) is 0 Å². The summed E-state index contributed by atoms with van der Waals surface area (Å²) in [6.45, 7) is 2.20. The minimum Gasteiger partial charge on any atom is -0.464 e. The lowest BCUT2D eigenvalue weighted by Crippen LogP contribution is -2.00. The molecule has 1 heterocycles. The number of esters is 1. The number of hydrogen-bond donors (Lipinski definition) is 0. The molecule has 0 spiro atoms. The van der Waals surface area contributed by atoms with E-state index in [0.29, 0.717) is 5.76 Å². The van der Waals surface area contributed by atoms with Gasteiger partial charge in [0.25, 0.3) is 0 Å². The Morgan fingerprint density at radius 3 is 2.65 bits per heavy atom. The van der Waals surface area contributed by atoms with Crippen LogP contribution in [0.15, 0.2) is 34.9 Å². The molecule has 2 aromatic rings. The van der Waals surface area contributed by atoms with Gasteiger partial charge in [-0.1, -0.05) is 49.2 Å². The zero-order chi connectivity index (χ0) is 14.4. The van der Waals surface area contributed by atoms with Gasteiger partial charge in [0.2, 0.25) is 0 Å². The van der Waals surface area contributed by atoms with E-state index < -0.39 is 5.97 Å². The maximum atomic E-state index is 11.3. The average Bonchev–Trinajstić information content (AvgIpc) is 2.97. The Morgan fingerprint density at radius 1 is 1.25 bits per heavy atom. The highest BCUT2D eigenvalue weighted by Crippen LogP contribution is 2.21. The van der Waals surface area contributed by atoms with Crippen molar-refractivity contribution in [1.29, 1.82) is 0 Å². The first-order valence-corrected chi connectivity index (χ1v) is 6.89. The second-order valence-electron chi connectivity index (χ2n) is 4.72. The topological polar surface area (TPSA) is 52.3 Å². The number of aromatic nitrogens is 1. The molecule has 0 aliphatic heterocycles. The van der Waals surface area contributed by atoms with Crippen molar-refractivity contribution in [2.24, 2.45) is 0 Å². The summed E-state index contributed by atoms with van der Waals surface area (Å²) in [6.07, 6.45) is 4.79. The summed E-state index contributed by atoms with van der Waals surface area (Å²) in [7, 11) is 1.32. The molecule has 0 aliphatic carbocycles. The third kappa shape index (κ3) is 3.47. The van der Waals surface area contributed by atoms with E-state index >= 15 is 0 Å². The number of methoxy groups -OCH3 is 1. The average molecular weight is 273 g/mol. The van der Waals surface area contributed by atoms with Gasteiger partial charge in [-0.25, -0.2) is 4.79 Å². The Hall–Kier alpha value is -2.10. The SMILES string of the molecule is CCCCCc1ccc(-c2cc(C(=O)OC)no2)cc1. The van der Waals surface area contributed by atoms with E-state index in [1.54, 1.807) is 6.07 Å². The highest BCUT2D eigenvalue weighted by atomic mass is 16.5. The Labute approximate surface area is 118 Å². The van der Waals surface area contributed by atoms with Gasteiger partial charge >= 0.3 is 5.97 Å². The third-order valence-electron chi connectivity index (χ3n) is 3.21. The summed E-state index contributed by atoms with van der Waals surface area (Å²) in [4.78, 5) is 11.3. The molecule has 2 rings (SSSR count). The van der Waals surface area contributed by atoms with Crippen LogP contribution in [0.3, 0.4) is 0 Å². The molecule has 0 N–H and O–H groups in total. The predicted octanol–water partition coefficient (Wildman–Crippen LogP) is 3.86. The molecule has 1 aromatic carbocycles. The molecule has 106 valence electrons. The first kappa shape index (κ1) is 14.3. The van der Waals surface area contributed by atoms with Gasteiger partial charge in [0.05, 0.1) is 7.11 Å². The molecule has 20 heavy (non-hydrogen) atoms. The molecule has 0 atom stereocenters. The fourth-order valence-electron chi connectivity index (χ4n) is 2.03. The van der Waals surface area contributed by atoms with Crippen molar-refractivity contribution in [2.45, 2.75) is 32.6 Å². The Balaban J connectivity index is 2.06. The monoisotopic (exact) mass is 273 g/mol. The lowest BCUT2D eigenvalue weighted by molar-refractivity contribution is 0.0589. The van der Waals surface area contributed by atoms with Crippen molar-refractivity contribution in [2.75, 3.05) is 7.11 Å². The number of ether oxygens (including phenoxy) is 1. The van der Waals surface area contributed by atoms with Crippen LogP contribution in [0.5, 0.6) is 0 Å². The Bertz CT molecular complexity index is 557. The van der Waals surface area contributed by atoms with Gasteiger partial charge in [0.15, 0.2) is 11.5 Å². The van der Waals surface area contributed by atoms with Gasteiger partial charge in [-0.2, -0.15) is 0 Å². The van der Waals surface area contributed by atoms with Gasteiger partial charge in [-0.15, -0.1) is 0 Å². The first-order valence-electron chi connectivity index (χ1n) is 6.89. The van der Waals surface area contributed by atoms with Crippen LogP contribution in [-0.4, -0.2) is 18.2 Å². The summed E-state index contributed by atoms with van der Waals surface area (Å²) >= 11 is 0. The number of nitrogens with zero attached hydrogens (tertiary/aromatic N) is 1. The number of unbranched alkanes of at least 4 members (excludes halogenated alkanes) is 2. The molecular formula is C16H19NO3. The molecule has 0 amide bonds. The number of hydrogen-bond acceptors (Lipinski definition) is 4. The zero-order valence-corrected chi connectivity index (χ0v) is 11.9. The van der Waals surface area contributed by atoms with E-state index in [4.69, 9.17) is 4.52 Å². The number of benzene rings is 1. The third-order valence-corrected chi connectivity index (χ3v) is 3.21. The van der Waals surface area contributed by atoms with Crippen molar-refractivity contribution in [3.8, 4) is 11.3 Å². The molecule has 4 nitrogen and oxygen atoms in total. The highest BCUT2D eigenvalue weighted by molar-refractivity contribution is 5.88. The Kier molecular flexibility index (Phi) is 4.93.